The van der Waals surface area contributed by atoms with Crippen molar-refractivity contribution in [3.05, 3.63) is 200 Å². The maximum atomic E-state index is 10.5. The van der Waals surface area contributed by atoms with E-state index in [9.17, 15) is 5.26 Å². The van der Waals surface area contributed by atoms with Crippen LogP contribution < -0.4 is 5.73 Å². The molecular formula is C81H98N8. The Balaban J connectivity index is 1.31. The second kappa shape index (κ2) is 23.1. The Bertz CT molecular complexity index is 4090. The van der Waals surface area contributed by atoms with Crippen molar-refractivity contribution >= 4 is 33.5 Å². The minimum atomic E-state index is -0.264. The average molecular weight is 1180 g/mol. The first kappa shape index (κ1) is 65.4. The highest BCUT2D eigenvalue weighted by Crippen LogP contribution is 2.47. The largest absolute Gasteiger partial charge is 0.383 e. The number of nitrogens with zero attached hydrogens (tertiary/aromatic N) is 7. The molecule has 0 fully saturated rings. The molecule has 2 N–H and O–H groups in total. The van der Waals surface area contributed by atoms with Gasteiger partial charge in [0.25, 0.3) is 0 Å². The van der Waals surface area contributed by atoms with Crippen molar-refractivity contribution < 1.29 is 0 Å². The number of hydrogen-bond acceptors (Lipinski definition) is 5. The maximum Gasteiger partial charge on any atom is 0.164 e. The second-order valence-electron chi connectivity index (χ2n) is 33.0. The summed E-state index contributed by atoms with van der Waals surface area (Å²) in [4.78, 5) is 27.6. The molecule has 9 rings (SSSR count). The van der Waals surface area contributed by atoms with Crippen LogP contribution in [0.15, 0.2) is 143 Å². The van der Waals surface area contributed by atoms with Crippen LogP contribution in [-0.4, -0.2) is 31.2 Å². The predicted molar refractivity (Wildman–Crippen MR) is 379 cm³/mol. The van der Waals surface area contributed by atoms with Gasteiger partial charge in [-0.2, -0.15) is 5.26 Å². The van der Waals surface area contributed by atoms with Gasteiger partial charge in [-0.1, -0.05) is 257 Å². The van der Waals surface area contributed by atoms with Crippen molar-refractivity contribution in [1.29, 1.82) is 5.26 Å². The lowest BCUT2D eigenvalue weighted by Crippen LogP contribution is -2.24. The molecule has 0 amide bonds. The average Bonchev–Trinajstić information content (AvgIpc) is 1.82. The van der Waals surface area contributed by atoms with Gasteiger partial charge in [0.2, 0.25) is 0 Å². The van der Waals surface area contributed by atoms with Crippen molar-refractivity contribution in [3.63, 3.8) is 0 Å². The molecule has 89 heavy (non-hydrogen) atoms. The molecular weight excluding hydrogens is 1080 g/mol. The van der Waals surface area contributed by atoms with Gasteiger partial charge in [-0.25, -0.2) is 19.9 Å². The van der Waals surface area contributed by atoms with Gasteiger partial charge in [-0.15, -0.1) is 0 Å². The van der Waals surface area contributed by atoms with E-state index in [1.807, 2.05) is 24.3 Å². The molecule has 2 heterocycles. The minimum Gasteiger partial charge on any atom is -0.383 e. The molecule has 0 aliphatic rings. The van der Waals surface area contributed by atoms with Crippen LogP contribution in [0.3, 0.4) is 0 Å². The Labute approximate surface area is 533 Å². The van der Waals surface area contributed by atoms with Crippen LogP contribution in [0, 0.1) is 11.3 Å². The fourth-order valence-electron chi connectivity index (χ4n) is 11.9. The van der Waals surface area contributed by atoms with E-state index < -0.39 is 0 Å². The normalized spacial score (nSPS) is 13.6. The third kappa shape index (κ3) is 13.8. The molecule has 0 spiro atoms. The fraction of sp³-hybridized carbons (Fsp3) is 0.407. The molecule has 0 radical (unpaired) electrons. The number of aromatic nitrogens is 4. The summed E-state index contributed by atoms with van der Waals surface area (Å²) in [5, 5.41) is 12.6. The molecule has 462 valence electrons. The summed E-state index contributed by atoms with van der Waals surface area (Å²) in [6, 6.07) is 49.9. The van der Waals surface area contributed by atoms with Crippen LogP contribution in [0.1, 0.15) is 233 Å². The van der Waals surface area contributed by atoms with Crippen LogP contribution in [-0.2, 0) is 49.9 Å². The number of amidine groups is 2. The smallest absolute Gasteiger partial charge is 0.164 e. The highest BCUT2D eigenvalue weighted by molar-refractivity contribution is 6.12. The van der Waals surface area contributed by atoms with E-state index in [0.717, 1.165) is 60.9 Å². The molecule has 0 atom stereocenters. The summed E-state index contributed by atoms with van der Waals surface area (Å²) >= 11 is 0. The highest BCUT2D eigenvalue weighted by Gasteiger charge is 2.35. The molecule has 0 saturated heterocycles. The number of nitrogens with two attached hydrogens (primary N) is 1. The molecule has 0 saturated carbocycles. The monoisotopic (exact) mass is 1180 g/mol. The molecule has 7 aromatic carbocycles. The van der Waals surface area contributed by atoms with Gasteiger partial charge in [0.05, 0.1) is 34.9 Å². The number of nitriles is 1. The molecule has 9 aromatic rings. The standard InChI is InChI=1S/C81H98N8/c1-74(2,3)54-35-30-50(31-36-54)69(83)85-70(51-32-37-55(38-33-51)75(4,5)6)84-48-53-41-49(47-82)29-39-64(53)89-65-28-26-25-27-58(65)59-42-52(34-40-66(59)89)71-86-72(67-60(78(13,14)15)43-56(76(7,8)9)44-61(67)79(16,17)18)88-73(87-71)68-62(80(19,20)21)45-57(77(10,11)12)46-63(68)81(22,23)24/h25-46H,48H2,1-24H3,(H2,83,84,85). The lowest BCUT2D eigenvalue weighted by atomic mass is 9.71. The molecule has 0 bridgehead atoms. The zero-order valence-corrected chi connectivity index (χ0v) is 58.1. The van der Waals surface area contributed by atoms with Gasteiger partial charge in [-0.05, 0) is 136 Å². The first-order valence-corrected chi connectivity index (χ1v) is 31.9. The SMILES string of the molecule is CC(C)(C)c1ccc(C(N)=NC(=NCc2cc(C#N)ccc2-n2c3ccccc3c3cc(-c4nc(-c5c(C(C)(C)C)cc(C(C)(C)C)cc5C(C)(C)C)nc(-c5c(C(C)(C)C)cc(C(C)(C)C)cc5C(C)(C)C)n4)ccc32)c2ccc(C(C)(C)C)cc2)cc1. The van der Waals surface area contributed by atoms with E-state index in [-0.39, 0.29) is 49.9 Å². The lowest BCUT2D eigenvalue weighted by molar-refractivity contribution is 0.549. The zero-order chi connectivity index (χ0) is 65.5. The Morgan fingerprint density at radius 1 is 0.427 bits per heavy atom. The molecule has 0 unspecified atom stereocenters. The molecule has 8 nitrogen and oxygen atoms in total. The quantitative estimate of drug-likeness (QED) is 0.120. The molecule has 0 aliphatic carbocycles. The number of benzene rings is 7. The van der Waals surface area contributed by atoms with Crippen molar-refractivity contribution in [3.8, 4) is 45.9 Å². The summed E-state index contributed by atoms with van der Waals surface area (Å²) in [7, 11) is 0. The van der Waals surface area contributed by atoms with Crippen molar-refractivity contribution in [2.24, 2.45) is 15.7 Å². The molecule has 2 aromatic heterocycles. The van der Waals surface area contributed by atoms with Crippen LogP contribution in [0.5, 0.6) is 0 Å². The van der Waals surface area contributed by atoms with Crippen LogP contribution >= 0.6 is 0 Å². The second-order valence-corrected chi connectivity index (χ2v) is 33.0. The number of fused-ring (bicyclic) bond motifs is 3. The Kier molecular flexibility index (Phi) is 17.0. The van der Waals surface area contributed by atoms with Crippen LogP contribution in [0.2, 0.25) is 0 Å². The summed E-state index contributed by atoms with van der Waals surface area (Å²) in [6.45, 7) is 55.0. The van der Waals surface area contributed by atoms with E-state index in [1.165, 1.54) is 44.5 Å². The van der Waals surface area contributed by atoms with E-state index in [2.05, 4.69) is 286 Å². The van der Waals surface area contributed by atoms with Gasteiger partial charge < -0.3 is 10.3 Å². The number of hydrogen-bond donors (Lipinski definition) is 1. The van der Waals surface area contributed by atoms with Gasteiger partial charge in [0.15, 0.2) is 23.3 Å². The minimum absolute atomic E-state index is 0.0110. The van der Waals surface area contributed by atoms with E-state index in [1.54, 1.807) is 0 Å². The van der Waals surface area contributed by atoms with E-state index in [0.29, 0.717) is 34.7 Å². The van der Waals surface area contributed by atoms with Crippen LogP contribution in [0.4, 0.5) is 0 Å². The third-order valence-corrected chi connectivity index (χ3v) is 17.4. The topological polar surface area (TPSA) is 118 Å². The van der Waals surface area contributed by atoms with Gasteiger partial charge in [0, 0.05) is 38.6 Å². The summed E-state index contributed by atoms with van der Waals surface area (Å²) in [5.41, 5.74) is 24.4. The summed E-state index contributed by atoms with van der Waals surface area (Å²) in [5.74, 6) is 2.81. The molecule has 8 heteroatoms. The Morgan fingerprint density at radius 3 is 1.27 bits per heavy atom. The van der Waals surface area contributed by atoms with Crippen molar-refractivity contribution in [2.75, 3.05) is 0 Å². The lowest BCUT2D eigenvalue weighted by Gasteiger charge is -2.34. The third-order valence-electron chi connectivity index (χ3n) is 17.4. The Morgan fingerprint density at radius 2 is 0.843 bits per heavy atom. The maximum absolute atomic E-state index is 10.5. The predicted octanol–water partition coefficient (Wildman–Crippen LogP) is 20.6. The van der Waals surface area contributed by atoms with E-state index >= 15 is 0 Å². The molecule has 0 aliphatic heterocycles. The van der Waals surface area contributed by atoms with Crippen molar-refractivity contribution in [2.45, 2.75) is 216 Å². The number of aliphatic imine (C=N–C) groups is 2. The van der Waals surface area contributed by atoms with Crippen LogP contribution in [0.25, 0.3) is 61.7 Å². The van der Waals surface area contributed by atoms with Crippen molar-refractivity contribution in [1.82, 2.24) is 19.5 Å². The van der Waals surface area contributed by atoms with Gasteiger partial charge >= 0.3 is 0 Å². The fourth-order valence-corrected chi connectivity index (χ4v) is 11.9. The van der Waals surface area contributed by atoms with Gasteiger partial charge in [-0.3, -0.25) is 4.99 Å². The first-order valence-electron chi connectivity index (χ1n) is 31.9. The summed E-state index contributed by atoms with van der Waals surface area (Å²) < 4.78 is 2.31. The number of rotatable bonds is 8. The first-order chi connectivity index (χ1) is 41.0. The highest BCUT2D eigenvalue weighted by atomic mass is 15.0. The van der Waals surface area contributed by atoms with E-state index in [4.69, 9.17) is 30.7 Å². The van der Waals surface area contributed by atoms with Gasteiger partial charge in [0.1, 0.15) is 5.84 Å². The number of para-hydroxylation sites is 1. The summed E-state index contributed by atoms with van der Waals surface area (Å²) in [6.07, 6.45) is 0. The zero-order valence-electron chi connectivity index (χ0n) is 58.1. The Hall–Kier alpha value is -8.02.